The van der Waals surface area contributed by atoms with E-state index in [1.165, 1.54) is 18.5 Å². The number of esters is 1. The van der Waals surface area contributed by atoms with E-state index in [0.717, 1.165) is 28.6 Å². The Morgan fingerprint density at radius 1 is 1.21 bits per heavy atom. The fourth-order valence-electron chi connectivity index (χ4n) is 4.31. The van der Waals surface area contributed by atoms with E-state index >= 15 is 0 Å². The number of carbonyl (C=O) groups is 1. The van der Waals surface area contributed by atoms with Crippen LogP contribution in [0.15, 0.2) is 22.8 Å². The second-order valence-corrected chi connectivity index (χ2v) is 9.30. The third-order valence-electron chi connectivity index (χ3n) is 5.89. The maximum Gasteiger partial charge on any atom is 0.338 e. The Labute approximate surface area is 176 Å². The van der Waals surface area contributed by atoms with Crippen molar-refractivity contribution in [2.24, 2.45) is 0 Å². The molecule has 0 amide bonds. The maximum atomic E-state index is 12.7. The van der Waals surface area contributed by atoms with Gasteiger partial charge in [0.1, 0.15) is 0 Å². The summed E-state index contributed by atoms with van der Waals surface area (Å²) in [5.41, 5.74) is 3.85. The summed E-state index contributed by atoms with van der Waals surface area (Å²) in [5, 5.41) is 0. The van der Waals surface area contributed by atoms with Gasteiger partial charge in [0.15, 0.2) is 0 Å². The molecule has 5 nitrogen and oxygen atoms in total. The number of ether oxygens (including phenoxy) is 1. The predicted octanol–water partition coefficient (Wildman–Crippen LogP) is 4.66. The molecular weight excluding hydrogens is 418 g/mol. The van der Waals surface area contributed by atoms with Crippen molar-refractivity contribution in [3.8, 4) is 0 Å². The number of pyridine rings is 1. The summed E-state index contributed by atoms with van der Waals surface area (Å²) >= 11 is 3.60. The first-order valence-electron chi connectivity index (χ1n) is 10.1. The Bertz CT molecular complexity index is 851. The Hall–Kier alpha value is -1.37. The monoisotopic (exact) mass is 449 g/mol. The molecule has 6 heteroatoms. The van der Waals surface area contributed by atoms with Crippen LogP contribution in [0.25, 0.3) is 5.52 Å². The number of hydrogen-bond acceptors (Lipinski definition) is 4. The van der Waals surface area contributed by atoms with Crippen LogP contribution in [0.3, 0.4) is 0 Å². The lowest BCUT2D eigenvalue weighted by atomic mass is 9.98. The molecule has 1 atom stereocenters. The van der Waals surface area contributed by atoms with E-state index in [-0.39, 0.29) is 18.1 Å². The standard InChI is InChI=1S/C22H32BrN3O2/c1-14(2)28-22(27)20-12-19-11-17(23)13-26(19)21(15(20)3)16(4)25-9-7-18(8-10-25)24(5)6/h11-14,16,18H,7-10H2,1-6H3. The van der Waals surface area contributed by atoms with Crippen LogP contribution in [0.2, 0.25) is 0 Å². The number of fused-ring (bicyclic) bond motifs is 1. The number of aromatic nitrogens is 1. The summed E-state index contributed by atoms with van der Waals surface area (Å²) in [4.78, 5) is 17.6. The van der Waals surface area contributed by atoms with E-state index in [9.17, 15) is 4.79 Å². The van der Waals surface area contributed by atoms with Crippen LogP contribution in [0.5, 0.6) is 0 Å². The molecule has 1 fully saturated rings. The highest BCUT2D eigenvalue weighted by Crippen LogP contribution is 2.32. The Morgan fingerprint density at radius 2 is 1.86 bits per heavy atom. The van der Waals surface area contributed by atoms with Gasteiger partial charge in [-0.2, -0.15) is 0 Å². The summed E-state index contributed by atoms with van der Waals surface area (Å²) in [7, 11) is 4.33. The fraction of sp³-hybridized carbons (Fsp3) is 0.591. The summed E-state index contributed by atoms with van der Waals surface area (Å²) in [5.74, 6) is -0.243. The van der Waals surface area contributed by atoms with Crippen LogP contribution in [0.1, 0.15) is 61.3 Å². The lowest BCUT2D eigenvalue weighted by Crippen LogP contribution is -2.43. The van der Waals surface area contributed by atoms with Gasteiger partial charge in [0.05, 0.1) is 11.7 Å². The number of halogens is 1. The third kappa shape index (κ3) is 4.29. The summed E-state index contributed by atoms with van der Waals surface area (Å²) in [6.45, 7) is 10.2. The molecule has 0 bridgehead atoms. The van der Waals surface area contributed by atoms with E-state index in [1.807, 2.05) is 26.8 Å². The van der Waals surface area contributed by atoms with Crippen molar-refractivity contribution in [2.45, 2.75) is 58.7 Å². The van der Waals surface area contributed by atoms with E-state index in [2.05, 4.69) is 63.4 Å². The van der Waals surface area contributed by atoms with Gasteiger partial charge in [0.25, 0.3) is 0 Å². The molecular formula is C22H32BrN3O2. The molecule has 154 valence electrons. The zero-order valence-electron chi connectivity index (χ0n) is 17.8. The topological polar surface area (TPSA) is 37.2 Å². The highest BCUT2D eigenvalue weighted by atomic mass is 79.9. The molecule has 0 N–H and O–H groups in total. The van der Waals surface area contributed by atoms with E-state index < -0.39 is 0 Å². The highest BCUT2D eigenvalue weighted by molar-refractivity contribution is 9.10. The van der Waals surface area contributed by atoms with E-state index in [0.29, 0.717) is 11.6 Å². The number of nitrogens with zero attached hydrogens (tertiary/aromatic N) is 3. The van der Waals surface area contributed by atoms with Gasteiger partial charge in [-0.25, -0.2) is 4.79 Å². The number of rotatable bonds is 5. The highest BCUT2D eigenvalue weighted by Gasteiger charge is 2.28. The van der Waals surface area contributed by atoms with Gasteiger partial charge in [0.2, 0.25) is 0 Å². The zero-order chi connectivity index (χ0) is 20.6. The second-order valence-electron chi connectivity index (χ2n) is 8.38. The normalized spacial score (nSPS) is 17.6. The molecule has 2 aromatic heterocycles. The molecule has 0 aliphatic carbocycles. The first-order chi connectivity index (χ1) is 13.2. The molecule has 0 radical (unpaired) electrons. The van der Waals surface area contributed by atoms with Gasteiger partial charge in [-0.05, 0) is 88.3 Å². The Morgan fingerprint density at radius 3 is 2.43 bits per heavy atom. The third-order valence-corrected chi connectivity index (χ3v) is 6.33. The largest absolute Gasteiger partial charge is 0.459 e. The van der Waals surface area contributed by atoms with Crippen molar-refractivity contribution in [3.63, 3.8) is 0 Å². The zero-order valence-corrected chi connectivity index (χ0v) is 19.4. The first-order valence-corrected chi connectivity index (χ1v) is 10.9. The minimum atomic E-state index is -0.243. The van der Waals surface area contributed by atoms with Gasteiger partial charge in [0, 0.05) is 47.1 Å². The molecule has 1 aliphatic rings. The molecule has 2 aromatic rings. The second kappa shape index (κ2) is 8.56. The van der Waals surface area contributed by atoms with Crippen LogP contribution in [0, 0.1) is 6.92 Å². The minimum Gasteiger partial charge on any atom is -0.459 e. The fourth-order valence-corrected chi connectivity index (χ4v) is 4.75. The number of carbonyl (C=O) groups excluding carboxylic acids is 1. The van der Waals surface area contributed by atoms with Crippen LogP contribution in [0.4, 0.5) is 0 Å². The van der Waals surface area contributed by atoms with E-state index in [4.69, 9.17) is 4.74 Å². The van der Waals surface area contributed by atoms with Crippen molar-refractivity contribution < 1.29 is 9.53 Å². The molecule has 0 saturated carbocycles. The summed E-state index contributed by atoms with van der Waals surface area (Å²) < 4.78 is 8.75. The molecule has 28 heavy (non-hydrogen) atoms. The lowest BCUT2D eigenvalue weighted by Gasteiger charge is -2.39. The smallest absolute Gasteiger partial charge is 0.338 e. The van der Waals surface area contributed by atoms with Crippen LogP contribution < -0.4 is 0 Å². The van der Waals surface area contributed by atoms with Crippen molar-refractivity contribution in [2.75, 3.05) is 27.2 Å². The van der Waals surface area contributed by atoms with Gasteiger partial charge in [-0.15, -0.1) is 0 Å². The molecule has 1 saturated heterocycles. The van der Waals surface area contributed by atoms with Gasteiger partial charge in [-0.3, -0.25) is 4.90 Å². The molecule has 0 aromatic carbocycles. The van der Waals surface area contributed by atoms with E-state index in [1.54, 1.807) is 0 Å². The van der Waals surface area contributed by atoms with Crippen LogP contribution >= 0.6 is 15.9 Å². The van der Waals surface area contributed by atoms with Gasteiger partial charge in [-0.1, -0.05) is 0 Å². The lowest BCUT2D eigenvalue weighted by molar-refractivity contribution is 0.0376. The number of hydrogen-bond donors (Lipinski definition) is 0. The summed E-state index contributed by atoms with van der Waals surface area (Å²) in [6, 6.07) is 4.87. The quantitative estimate of drug-likeness (QED) is 0.621. The minimum absolute atomic E-state index is 0.132. The maximum absolute atomic E-state index is 12.7. The molecule has 3 rings (SSSR count). The molecule has 1 aliphatic heterocycles. The van der Waals surface area contributed by atoms with Crippen molar-refractivity contribution in [1.82, 2.24) is 14.2 Å². The van der Waals surface area contributed by atoms with Gasteiger partial charge >= 0.3 is 5.97 Å². The van der Waals surface area contributed by atoms with Crippen molar-refractivity contribution in [1.29, 1.82) is 0 Å². The van der Waals surface area contributed by atoms with Crippen LogP contribution in [-0.4, -0.2) is 59.5 Å². The first kappa shape index (κ1) is 21.3. The average molecular weight is 450 g/mol. The van der Waals surface area contributed by atoms with Gasteiger partial charge < -0.3 is 14.0 Å². The Kier molecular flexibility index (Phi) is 6.52. The molecule has 3 heterocycles. The average Bonchev–Trinajstić information content (AvgIpc) is 2.99. The van der Waals surface area contributed by atoms with Crippen LogP contribution in [-0.2, 0) is 4.74 Å². The SMILES string of the molecule is Cc1c(C(=O)OC(C)C)cc2cc(Br)cn2c1C(C)N1CCC(N(C)C)CC1. The predicted molar refractivity (Wildman–Crippen MR) is 117 cm³/mol. The Balaban J connectivity index is 1.99. The molecule has 1 unspecified atom stereocenters. The number of piperidine rings is 1. The van der Waals surface area contributed by atoms with Crippen molar-refractivity contribution in [3.05, 3.63) is 39.6 Å². The number of likely N-dealkylation sites (tertiary alicyclic amines) is 1. The van der Waals surface area contributed by atoms with Crippen molar-refractivity contribution >= 4 is 27.4 Å². The summed E-state index contributed by atoms with van der Waals surface area (Å²) in [6.07, 6.45) is 4.30. The molecule has 0 spiro atoms.